The molecule has 0 amide bonds. The van der Waals surface area contributed by atoms with Crippen molar-refractivity contribution in [2.75, 3.05) is 5.43 Å². The zero-order valence-electron chi connectivity index (χ0n) is 15.2. The Morgan fingerprint density at radius 3 is 2.65 bits per heavy atom. The van der Waals surface area contributed by atoms with Gasteiger partial charge in [0.2, 0.25) is 0 Å². The Hall–Kier alpha value is -1.88. The molecule has 0 spiro atoms. The number of hydrazine groups is 1. The van der Waals surface area contributed by atoms with Gasteiger partial charge in [-0.1, -0.05) is 49.8 Å². The van der Waals surface area contributed by atoms with Crippen LogP contribution in [-0.4, -0.2) is 0 Å². The molecule has 0 unspecified atom stereocenters. The molecule has 1 aliphatic rings. The highest BCUT2D eigenvalue weighted by Gasteiger charge is 2.31. The van der Waals surface area contributed by atoms with Crippen molar-refractivity contribution in [1.82, 2.24) is 5.43 Å². The summed E-state index contributed by atoms with van der Waals surface area (Å²) in [7, 11) is 0. The van der Waals surface area contributed by atoms with Crippen molar-refractivity contribution in [3.8, 4) is 0 Å². The van der Waals surface area contributed by atoms with Gasteiger partial charge in [-0.25, -0.2) is 0 Å². The van der Waals surface area contributed by atoms with Gasteiger partial charge >= 0.3 is 6.18 Å². The minimum Gasteiger partial charge on any atom is -0.301 e. The van der Waals surface area contributed by atoms with Gasteiger partial charge in [0.15, 0.2) is 0 Å². The molecule has 142 valence electrons. The van der Waals surface area contributed by atoms with Gasteiger partial charge in [0.25, 0.3) is 0 Å². The third kappa shape index (κ3) is 5.07. The van der Waals surface area contributed by atoms with Crippen molar-refractivity contribution >= 4 is 17.3 Å². The van der Waals surface area contributed by atoms with Crippen LogP contribution in [0.5, 0.6) is 0 Å². The van der Waals surface area contributed by atoms with Gasteiger partial charge in [-0.05, 0) is 49.5 Å². The molecule has 26 heavy (non-hydrogen) atoms. The molecule has 0 fully saturated rings. The Morgan fingerprint density at radius 2 is 2.04 bits per heavy atom. The van der Waals surface area contributed by atoms with Gasteiger partial charge in [0, 0.05) is 11.6 Å². The second-order valence-corrected chi connectivity index (χ2v) is 7.69. The predicted molar refractivity (Wildman–Crippen MR) is 102 cm³/mol. The lowest BCUT2D eigenvalue weighted by Gasteiger charge is -2.36. The van der Waals surface area contributed by atoms with Crippen LogP contribution >= 0.6 is 11.6 Å². The van der Waals surface area contributed by atoms with E-state index in [-0.39, 0.29) is 16.1 Å². The van der Waals surface area contributed by atoms with Crippen molar-refractivity contribution in [2.24, 2.45) is 11.3 Å². The molecule has 1 atom stereocenters. The van der Waals surface area contributed by atoms with Crippen LogP contribution in [-0.2, 0) is 6.18 Å². The summed E-state index contributed by atoms with van der Waals surface area (Å²) in [6, 6.07) is 3.12. The van der Waals surface area contributed by atoms with Crippen LogP contribution in [0, 0.1) is 11.3 Å². The number of alkyl halides is 3. The highest BCUT2D eigenvalue weighted by molar-refractivity contribution is 6.33. The molecule has 2 rings (SSSR count). The molecule has 1 aromatic rings. The van der Waals surface area contributed by atoms with Crippen LogP contribution in [0.2, 0.25) is 5.02 Å². The number of hydrogen-bond acceptors (Lipinski definition) is 2. The summed E-state index contributed by atoms with van der Waals surface area (Å²) in [6.07, 6.45) is 3.93. The van der Waals surface area contributed by atoms with Crippen molar-refractivity contribution in [3.63, 3.8) is 0 Å². The molecule has 1 aliphatic carbocycles. The van der Waals surface area contributed by atoms with Crippen LogP contribution in [0.1, 0.15) is 39.2 Å². The van der Waals surface area contributed by atoms with E-state index in [0.717, 1.165) is 25.0 Å². The van der Waals surface area contributed by atoms with Crippen molar-refractivity contribution in [1.29, 1.82) is 0 Å². The molecule has 0 heterocycles. The highest BCUT2D eigenvalue weighted by Crippen LogP contribution is 2.41. The van der Waals surface area contributed by atoms with E-state index in [1.54, 1.807) is 0 Å². The van der Waals surface area contributed by atoms with E-state index >= 15 is 0 Å². The lowest BCUT2D eigenvalue weighted by molar-refractivity contribution is -0.137. The zero-order chi connectivity index (χ0) is 19.5. The van der Waals surface area contributed by atoms with Crippen LogP contribution in [0.25, 0.3) is 0 Å². The number of halogens is 4. The van der Waals surface area contributed by atoms with E-state index in [9.17, 15) is 13.2 Å². The average molecular weight is 385 g/mol. The van der Waals surface area contributed by atoms with E-state index in [4.69, 9.17) is 11.6 Å². The van der Waals surface area contributed by atoms with E-state index in [2.05, 4.69) is 50.4 Å². The fourth-order valence-electron chi connectivity index (χ4n) is 3.18. The second kappa shape index (κ2) is 7.78. The van der Waals surface area contributed by atoms with E-state index in [0.29, 0.717) is 11.6 Å². The minimum absolute atomic E-state index is 0.144. The third-order valence-corrected chi connectivity index (χ3v) is 5.06. The van der Waals surface area contributed by atoms with Crippen molar-refractivity contribution < 1.29 is 13.2 Å². The normalized spacial score (nSPS) is 20.0. The predicted octanol–water partition coefficient (Wildman–Crippen LogP) is 6.73. The molecule has 0 radical (unpaired) electrons. The summed E-state index contributed by atoms with van der Waals surface area (Å²) in [5.41, 5.74) is 6.89. The Balaban J connectivity index is 2.03. The standard InChI is InChI=1S/C20H24ClF3N2/c1-13-6-5-11-19(3,4)16(13)9-7-14(2)25-26-18-12-15(20(22,23)24)8-10-17(18)21/h6-10,12,16,25-26H,2,5,11H2,1,3-4H3/b9-7+/t16-/m0/s1. The molecule has 1 aromatic carbocycles. The van der Waals surface area contributed by atoms with Crippen LogP contribution in [0.15, 0.2) is 54.3 Å². The van der Waals surface area contributed by atoms with Gasteiger partial charge in [-0.2, -0.15) is 13.2 Å². The van der Waals surface area contributed by atoms with E-state index in [1.807, 2.05) is 6.08 Å². The summed E-state index contributed by atoms with van der Waals surface area (Å²) in [6.45, 7) is 10.5. The smallest absolute Gasteiger partial charge is 0.301 e. The Kier molecular flexibility index (Phi) is 6.12. The first kappa shape index (κ1) is 20.4. The summed E-state index contributed by atoms with van der Waals surface area (Å²) < 4.78 is 38.4. The maximum absolute atomic E-state index is 12.8. The van der Waals surface area contributed by atoms with Gasteiger partial charge < -0.3 is 5.43 Å². The Bertz CT molecular complexity index is 733. The first-order valence-electron chi connectivity index (χ1n) is 8.43. The first-order valence-corrected chi connectivity index (χ1v) is 8.81. The summed E-state index contributed by atoms with van der Waals surface area (Å²) in [4.78, 5) is 0. The van der Waals surface area contributed by atoms with Gasteiger partial charge in [0.1, 0.15) is 0 Å². The lowest BCUT2D eigenvalue weighted by Crippen LogP contribution is -2.26. The van der Waals surface area contributed by atoms with Gasteiger partial charge in [0.05, 0.1) is 16.3 Å². The molecular weight excluding hydrogens is 361 g/mol. The summed E-state index contributed by atoms with van der Waals surface area (Å²) in [5, 5.41) is 0.189. The van der Waals surface area contributed by atoms with Gasteiger partial charge in [-0.15, -0.1) is 0 Å². The van der Waals surface area contributed by atoms with Crippen molar-refractivity contribution in [2.45, 2.75) is 39.8 Å². The third-order valence-electron chi connectivity index (χ3n) is 4.73. The molecule has 0 aliphatic heterocycles. The fourth-order valence-corrected chi connectivity index (χ4v) is 3.35. The molecule has 0 bridgehead atoms. The SMILES string of the molecule is C=C(/C=C/[C@H]1C(C)=CCCC1(C)C)NNc1cc(C(F)(F)F)ccc1Cl. The monoisotopic (exact) mass is 384 g/mol. The molecule has 2 N–H and O–H groups in total. The highest BCUT2D eigenvalue weighted by atomic mass is 35.5. The largest absolute Gasteiger partial charge is 0.416 e. The number of allylic oxidation sites excluding steroid dienone is 4. The fraction of sp³-hybridized carbons (Fsp3) is 0.400. The lowest BCUT2D eigenvalue weighted by atomic mass is 9.68. The number of hydrogen-bond donors (Lipinski definition) is 2. The number of benzene rings is 1. The minimum atomic E-state index is -4.42. The summed E-state index contributed by atoms with van der Waals surface area (Å²) in [5.74, 6) is 0.298. The molecular formula is C20H24ClF3N2. The molecule has 2 nitrogen and oxygen atoms in total. The zero-order valence-corrected chi connectivity index (χ0v) is 15.9. The van der Waals surface area contributed by atoms with Crippen molar-refractivity contribution in [3.05, 3.63) is 64.9 Å². The molecule has 0 saturated carbocycles. The summed E-state index contributed by atoms with van der Waals surface area (Å²) >= 11 is 5.96. The molecule has 0 saturated heterocycles. The molecule has 6 heteroatoms. The molecule has 0 aromatic heterocycles. The number of nitrogens with one attached hydrogen (secondary N) is 2. The topological polar surface area (TPSA) is 24.1 Å². The quantitative estimate of drug-likeness (QED) is 0.334. The Labute approximate surface area is 157 Å². The first-order chi connectivity index (χ1) is 12.0. The van der Waals surface area contributed by atoms with Gasteiger partial charge in [-0.3, -0.25) is 5.43 Å². The number of anilines is 1. The van der Waals surface area contributed by atoms with Crippen LogP contribution in [0.3, 0.4) is 0 Å². The Morgan fingerprint density at radius 1 is 1.35 bits per heavy atom. The second-order valence-electron chi connectivity index (χ2n) is 7.28. The van der Waals surface area contributed by atoms with E-state index < -0.39 is 11.7 Å². The van der Waals surface area contributed by atoms with Crippen LogP contribution in [0.4, 0.5) is 18.9 Å². The number of rotatable bonds is 5. The maximum Gasteiger partial charge on any atom is 0.416 e. The van der Waals surface area contributed by atoms with Crippen LogP contribution < -0.4 is 10.9 Å². The maximum atomic E-state index is 12.8. The van der Waals surface area contributed by atoms with E-state index in [1.165, 1.54) is 11.6 Å². The average Bonchev–Trinajstić information content (AvgIpc) is 2.51.